The van der Waals surface area contributed by atoms with Crippen molar-refractivity contribution in [3.63, 3.8) is 0 Å². The first-order valence-electron chi connectivity index (χ1n) is 6.22. The summed E-state index contributed by atoms with van der Waals surface area (Å²) in [5.41, 5.74) is 4.98. The van der Waals surface area contributed by atoms with Crippen molar-refractivity contribution in [2.75, 3.05) is 24.3 Å². The molecule has 0 aromatic heterocycles. The third-order valence-electron chi connectivity index (χ3n) is 3.00. The third-order valence-corrected chi connectivity index (χ3v) is 3.00. The lowest BCUT2D eigenvalue weighted by Gasteiger charge is -2.13. The Morgan fingerprint density at radius 2 is 1.40 bits per heavy atom. The lowest BCUT2D eigenvalue weighted by molar-refractivity contribution is 1.11. The number of nitrogens with zero attached hydrogens (tertiary/aromatic N) is 1. The van der Waals surface area contributed by atoms with Crippen molar-refractivity contribution in [2.24, 2.45) is 0 Å². The number of benzene rings is 2. The molecule has 0 aliphatic heterocycles. The molecule has 0 aliphatic rings. The molecule has 0 saturated heterocycles. The van der Waals surface area contributed by atoms with Gasteiger partial charge in [0.1, 0.15) is 0 Å². The molecular weight excluding hydrogens is 291 g/mol. The van der Waals surface area contributed by atoms with Gasteiger partial charge in [0.2, 0.25) is 0 Å². The standard InChI is InChI=1S/C16H20N2.2ClH/c1-13-4-8-15(9-5-13)17-12-14-6-10-16(11-7-14)18(2)3;;/h4-11,17H,12H2,1-3H3;2*1H. The Morgan fingerprint density at radius 1 is 0.850 bits per heavy atom. The molecule has 2 nitrogen and oxygen atoms in total. The fourth-order valence-electron chi connectivity index (χ4n) is 1.79. The molecule has 2 rings (SSSR count). The predicted octanol–water partition coefficient (Wildman–Crippen LogP) is 4.52. The zero-order chi connectivity index (χ0) is 13.0. The van der Waals surface area contributed by atoms with Crippen molar-refractivity contribution in [1.82, 2.24) is 0 Å². The van der Waals surface area contributed by atoms with Crippen LogP contribution in [0.3, 0.4) is 0 Å². The minimum Gasteiger partial charge on any atom is -0.381 e. The second kappa shape index (κ2) is 8.72. The Morgan fingerprint density at radius 3 is 1.90 bits per heavy atom. The molecule has 2 aromatic carbocycles. The minimum atomic E-state index is 0. The summed E-state index contributed by atoms with van der Waals surface area (Å²) >= 11 is 0. The van der Waals surface area contributed by atoms with Crippen LogP contribution in [0.2, 0.25) is 0 Å². The zero-order valence-corrected chi connectivity index (χ0v) is 13.7. The number of halogens is 2. The molecule has 4 heteroatoms. The first kappa shape index (κ1) is 18.6. The van der Waals surface area contributed by atoms with Crippen LogP contribution in [0.5, 0.6) is 0 Å². The second-order valence-electron chi connectivity index (χ2n) is 4.78. The fourth-order valence-corrected chi connectivity index (χ4v) is 1.79. The quantitative estimate of drug-likeness (QED) is 0.893. The second-order valence-corrected chi connectivity index (χ2v) is 4.78. The summed E-state index contributed by atoms with van der Waals surface area (Å²) in [6.45, 7) is 2.96. The molecule has 1 N–H and O–H groups in total. The monoisotopic (exact) mass is 312 g/mol. The van der Waals surface area contributed by atoms with Crippen LogP contribution in [0.4, 0.5) is 11.4 Å². The number of hydrogen-bond acceptors (Lipinski definition) is 2. The molecule has 0 heterocycles. The van der Waals surface area contributed by atoms with E-state index in [0.29, 0.717) is 0 Å². The topological polar surface area (TPSA) is 15.3 Å². The summed E-state index contributed by atoms with van der Waals surface area (Å²) in [5, 5.41) is 3.42. The summed E-state index contributed by atoms with van der Waals surface area (Å²) in [6, 6.07) is 17.1. The van der Waals surface area contributed by atoms with E-state index in [9.17, 15) is 0 Å². The van der Waals surface area contributed by atoms with Crippen molar-refractivity contribution in [3.8, 4) is 0 Å². The highest BCUT2D eigenvalue weighted by Gasteiger charge is 1.97. The Balaban J connectivity index is 0.00000180. The molecule has 0 aliphatic carbocycles. The van der Waals surface area contributed by atoms with E-state index >= 15 is 0 Å². The van der Waals surface area contributed by atoms with Crippen LogP contribution in [0.1, 0.15) is 11.1 Å². The van der Waals surface area contributed by atoms with E-state index in [0.717, 1.165) is 12.2 Å². The van der Waals surface area contributed by atoms with Gasteiger partial charge in [-0.15, -0.1) is 24.8 Å². The number of aryl methyl sites for hydroxylation is 1. The summed E-state index contributed by atoms with van der Waals surface area (Å²) in [4.78, 5) is 2.11. The molecule has 110 valence electrons. The van der Waals surface area contributed by atoms with Gasteiger partial charge < -0.3 is 10.2 Å². The van der Waals surface area contributed by atoms with E-state index in [-0.39, 0.29) is 24.8 Å². The molecule has 0 amide bonds. The van der Waals surface area contributed by atoms with Crippen LogP contribution in [-0.2, 0) is 6.54 Å². The van der Waals surface area contributed by atoms with E-state index in [1.807, 2.05) is 0 Å². The maximum Gasteiger partial charge on any atom is 0.0400 e. The molecule has 0 atom stereocenters. The van der Waals surface area contributed by atoms with Gasteiger partial charge in [-0.1, -0.05) is 29.8 Å². The van der Waals surface area contributed by atoms with Crippen LogP contribution in [0.25, 0.3) is 0 Å². The van der Waals surface area contributed by atoms with Crippen molar-refractivity contribution < 1.29 is 0 Å². The highest BCUT2D eigenvalue weighted by atomic mass is 35.5. The average molecular weight is 313 g/mol. The first-order valence-corrected chi connectivity index (χ1v) is 6.22. The van der Waals surface area contributed by atoms with Crippen molar-refractivity contribution in [3.05, 3.63) is 59.7 Å². The van der Waals surface area contributed by atoms with Gasteiger partial charge in [-0.2, -0.15) is 0 Å². The summed E-state index contributed by atoms with van der Waals surface area (Å²) in [7, 11) is 4.11. The highest BCUT2D eigenvalue weighted by molar-refractivity contribution is 5.85. The van der Waals surface area contributed by atoms with Crippen molar-refractivity contribution >= 4 is 36.2 Å². The molecule has 0 radical (unpaired) electrons. The fraction of sp³-hybridized carbons (Fsp3) is 0.250. The molecule has 0 unspecified atom stereocenters. The van der Waals surface area contributed by atoms with Crippen LogP contribution in [-0.4, -0.2) is 14.1 Å². The van der Waals surface area contributed by atoms with E-state index < -0.39 is 0 Å². The van der Waals surface area contributed by atoms with E-state index in [2.05, 4.69) is 79.8 Å². The summed E-state index contributed by atoms with van der Waals surface area (Å²) in [6.07, 6.45) is 0. The number of hydrogen-bond donors (Lipinski definition) is 1. The van der Waals surface area contributed by atoms with E-state index in [1.54, 1.807) is 0 Å². The third kappa shape index (κ3) is 5.32. The molecular formula is C16H22Cl2N2. The molecule has 20 heavy (non-hydrogen) atoms. The molecule has 0 fully saturated rings. The molecule has 0 spiro atoms. The van der Waals surface area contributed by atoms with Gasteiger partial charge in [0.05, 0.1) is 0 Å². The first-order chi connectivity index (χ1) is 8.65. The molecule has 0 saturated carbocycles. The Labute approximate surface area is 134 Å². The highest BCUT2D eigenvalue weighted by Crippen LogP contribution is 2.14. The summed E-state index contributed by atoms with van der Waals surface area (Å²) in [5.74, 6) is 0. The van der Waals surface area contributed by atoms with Crippen molar-refractivity contribution in [2.45, 2.75) is 13.5 Å². The SMILES string of the molecule is Cc1ccc(NCc2ccc(N(C)C)cc2)cc1.Cl.Cl. The Hall–Kier alpha value is -1.38. The summed E-state index contributed by atoms with van der Waals surface area (Å²) < 4.78 is 0. The minimum absolute atomic E-state index is 0. The zero-order valence-electron chi connectivity index (χ0n) is 12.1. The van der Waals surface area contributed by atoms with Crippen LogP contribution >= 0.6 is 24.8 Å². The Bertz CT molecular complexity index is 493. The van der Waals surface area contributed by atoms with Gasteiger partial charge in [-0.3, -0.25) is 0 Å². The van der Waals surface area contributed by atoms with Gasteiger partial charge in [0, 0.05) is 32.0 Å². The predicted molar refractivity (Wildman–Crippen MR) is 93.8 cm³/mol. The van der Waals surface area contributed by atoms with Gasteiger partial charge in [0.15, 0.2) is 0 Å². The lowest BCUT2D eigenvalue weighted by atomic mass is 10.2. The Kier molecular flexibility index (Phi) is 8.12. The maximum absolute atomic E-state index is 3.42. The largest absolute Gasteiger partial charge is 0.381 e. The number of rotatable bonds is 4. The molecule has 2 aromatic rings. The van der Waals surface area contributed by atoms with Gasteiger partial charge >= 0.3 is 0 Å². The van der Waals surface area contributed by atoms with Gasteiger partial charge in [0.25, 0.3) is 0 Å². The van der Waals surface area contributed by atoms with Crippen LogP contribution < -0.4 is 10.2 Å². The van der Waals surface area contributed by atoms with E-state index in [4.69, 9.17) is 0 Å². The smallest absolute Gasteiger partial charge is 0.0400 e. The maximum atomic E-state index is 3.42. The lowest BCUT2D eigenvalue weighted by Crippen LogP contribution is -2.08. The normalized spacial score (nSPS) is 9.15. The van der Waals surface area contributed by atoms with Crippen LogP contribution in [0.15, 0.2) is 48.5 Å². The number of nitrogens with one attached hydrogen (secondary N) is 1. The van der Waals surface area contributed by atoms with Crippen LogP contribution in [0, 0.1) is 6.92 Å². The van der Waals surface area contributed by atoms with E-state index in [1.165, 1.54) is 16.8 Å². The van der Waals surface area contributed by atoms with Crippen molar-refractivity contribution in [1.29, 1.82) is 0 Å². The molecule has 0 bridgehead atoms. The number of anilines is 2. The van der Waals surface area contributed by atoms with Gasteiger partial charge in [-0.25, -0.2) is 0 Å². The average Bonchev–Trinajstić information content (AvgIpc) is 2.38. The van der Waals surface area contributed by atoms with Gasteiger partial charge in [-0.05, 0) is 36.8 Å².